The average molecular weight is 299 g/mol. The van der Waals surface area contributed by atoms with E-state index >= 15 is 0 Å². The van der Waals surface area contributed by atoms with E-state index in [0.29, 0.717) is 12.0 Å². The number of carboxylic acids is 1. The fraction of sp³-hybridized carbons (Fsp3) is 0.462. The molecule has 0 radical (unpaired) electrons. The van der Waals surface area contributed by atoms with Crippen LogP contribution in [0.25, 0.3) is 0 Å². The SMILES string of the molecule is CCc1ccc(C(=O)O)cc1S(=O)(=O)N1CC(CO)C1. The average Bonchev–Trinajstić information content (AvgIpc) is 2.36. The molecule has 2 N–H and O–H groups in total. The minimum atomic E-state index is -3.69. The lowest BCUT2D eigenvalue weighted by Gasteiger charge is -2.37. The summed E-state index contributed by atoms with van der Waals surface area (Å²) in [4.78, 5) is 11.0. The van der Waals surface area contributed by atoms with Crippen molar-refractivity contribution in [2.45, 2.75) is 18.2 Å². The van der Waals surface area contributed by atoms with Crippen LogP contribution >= 0.6 is 0 Å². The highest BCUT2D eigenvalue weighted by Crippen LogP contribution is 2.28. The van der Waals surface area contributed by atoms with Crippen molar-refractivity contribution in [2.75, 3.05) is 19.7 Å². The molecule has 20 heavy (non-hydrogen) atoms. The molecule has 0 amide bonds. The summed E-state index contributed by atoms with van der Waals surface area (Å²) < 4.78 is 26.2. The largest absolute Gasteiger partial charge is 0.478 e. The zero-order valence-corrected chi connectivity index (χ0v) is 11.9. The molecule has 110 valence electrons. The number of sulfonamides is 1. The van der Waals surface area contributed by atoms with Gasteiger partial charge in [-0.25, -0.2) is 13.2 Å². The highest BCUT2D eigenvalue weighted by molar-refractivity contribution is 7.89. The summed E-state index contributed by atoms with van der Waals surface area (Å²) in [6, 6.07) is 4.16. The van der Waals surface area contributed by atoms with Crippen LogP contribution in [0.1, 0.15) is 22.8 Å². The fourth-order valence-corrected chi connectivity index (χ4v) is 4.11. The monoisotopic (exact) mass is 299 g/mol. The summed E-state index contributed by atoms with van der Waals surface area (Å²) >= 11 is 0. The second-order valence-corrected chi connectivity index (χ2v) is 6.76. The van der Waals surface area contributed by atoms with Crippen LogP contribution in [-0.2, 0) is 16.4 Å². The molecule has 0 unspecified atom stereocenters. The molecule has 1 aromatic rings. The predicted molar refractivity (Wildman–Crippen MR) is 72.1 cm³/mol. The summed E-state index contributed by atoms with van der Waals surface area (Å²) in [6.07, 6.45) is 0.506. The number of aliphatic hydroxyl groups is 1. The lowest BCUT2D eigenvalue weighted by atomic mass is 10.1. The van der Waals surface area contributed by atoms with Crippen molar-refractivity contribution in [3.05, 3.63) is 29.3 Å². The zero-order valence-electron chi connectivity index (χ0n) is 11.1. The maximum Gasteiger partial charge on any atom is 0.335 e. The molecule has 0 spiro atoms. The Bertz CT molecular complexity index is 620. The third-order valence-electron chi connectivity index (χ3n) is 3.49. The van der Waals surface area contributed by atoms with E-state index in [4.69, 9.17) is 10.2 Å². The Kier molecular flexibility index (Phi) is 4.12. The van der Waals surface area contributed by atoms with E-state index in [9.17, 15) is 13.2 Å². The molecule has 1 aliphatic rings. The van der Waals surface area contributed by atoms with Crippen molar-refractivity contribution in [3.63, 3.8) is 0 Å². The summed E-state index contributed by atoms with van der Waals surface area (Å²) in [6.45, 7) is 2.34. The number of aliphatic hydroxyl groups excluding tert-OH is 1. The normalized spacial score (nSPS) is 16.9. The Morgan fingerprint density at radius 1 is 1.40 bits per heavy atom. The van der Waals surface area contributed by atoms with Crippen molar-refractivity contribution >= 4 is 16.0 Å². The third kappa shape index (κ3) is 2.56. The van der Waals surface area contributed by atoms with E-state index in [1.54, 1.807) is 6.07 Å². The summed E-state index contributed by atoms with van der Waals surface area (Å²) in [5, 5.41) is 17.9. The van der Waals surface area contributed by atoms with E-state index in [-0.39, 0.29) is 36.1 Å². The molecule has 1 aliphatic heterocycles. The molecule has 0 aliphatic carbocycles. The standard InChI is InChI=1S/C13H17NO5S/c1-2-10-3-4-11(13(16)17)5-12(10)20(18,19)14-6-9(7-14)8-15/h3-5,9,15H,2,6-8H2,1H3,(H,16,17). The first-order valence-corrected chi connectivity index (χ1v) is 7.81. The molecule has 0 atom stereocenters. The van der Waals surface area contributed by atoms with E-state index in [1.807, 2.05) is 6.92 Å². The molecular weight excluding hydrogens is 282 g/mol. The van der Waals surface area contributed by atoms with Crippen molar-refractivity contribution in [1.29, 1.82) is 0 Å². The lowest BCUT2D eigenvalue weighted by molar-refractivity contribution is 0.0696. The van der Waals surface area contributed by atoms with Crippen LogP contribution in [-0.4, -0.2) is 48.6 Å². The predicted octanol–water partition coefficient (Wildman–Crippen LogP) is 0.560. The van der Waals surface area contributed by atoms with Gasteiger partial charge in [0.1, 0.15) is 0 Å². The van der Waals surface area contributed by atoms with Gasteiger partial charge in [-0.1, -0.05) is 13.0 Å². The van der Waals surface area contributed by atoms with Crippen LogP contribution in [0.4, 0.5) is 0 Å². The fourth-order valence-electron chi connectivity index (χ4n) is 2.19. The molecule has 1 saturated heterocycles. The maximum absolute atomic E-state index is 12.5. The highest BCUT2D eigenvalue weighted by Gasteiger charge is 2.37. The van der Waals surface area contributed by atoms with Gasteiger partial charge in [-0.05, 0) is 24.1 Å². The van der Waals surface area contributed by atoms with Crippen LogP contribution in [0.2, 0.25) is 0 Å². The van der Waals surface area contributed by atoms with E-state index in [0.717, 1.165) is 0 Å². The van der Waals surface area contributed by atoms with Crippen LogP contribution in [0.15, 0.2) is 23.1 Å². The van der Waals surface area contributed by atoms with Crippen molar-refractivity contribution < 1.29 is 23.4 Å². The Hall–Kier alpha value is -1.44. The molecule has 6 nitrogen and oxygen atoms in total. The number of benzene rings is 1. The van der Waals surface area contributed by atoms with Crippen LogP contribution in [0.3, 0.4) is 0 Å². The highest BCUT2D eigenvalue weighted by atomic mass is 32.2. The number of nitrogens with zero attached hydrogens (tertiary/aromatic N) is 1. The molecule has 1 fully saturated rings. The second kappa shape index (κ2) is 5.51. The number of hydrogen-bond donors (Lipinski definition) is 2. The Labute approximate surface area is 117 Å². The number of carbonyl (C=O) groups is 1. The topological polar surface area (TPSA) is 94.9 Å². The van der Waals surface area contributed by atoms with Gasteiger partial charge in [0, 0.05) is 25.6 Å². The number of aromatic carboxylic acids is 1. The first-order valence-electron chi connectivity index (χ1n) is 6.37. The smallest absolute Gasteiger partial charge is 0.335 e. The van der Waals surface area contributed by atoms with Crippen LogP contribution in [0.5, 0.6) is 0 Å². The van der Waals surface area contributed by atoms with Gasteiger partial charge in [-0.15, -0.1) is 0 Å². The van der Waals surface area contributed by atoms with E-state index in [2.05, 4.69) is 0 Å². The van der Waals surface area contributed by atoms with Gasteiger partial charge in [0.25, 0.3) is 0 Å². The number of rotatable bonds is 5. The molecule has 0 saturated carbocycles. The van der Waals surface area contributed by atoms with Crippen molar-refractivity contribution in [2.24, 2.45) is 5.92 Å². The van der Waals surface area contributed by atoms with Crippen LogP contribution in [0, 0.1) is 5.92 Å². The number of aryl methyl sites for hydroxylation is 1. The Morgan fingerprint density at radius 2 is 2.05 bits per heavy atom. The number of carboxylic acid groups (broad SMARTS) is 1. The van der Waals surface area contributed by atoms with Gasteiger partial charge in [0.05, 0.1) is 10.5 Å². The zero-order chi connectivity index (χ0) is 14.9. The molecule has 0 aromatic heterocycles. The minimum absolute atomic E-state index is 0.0301. The van der Waals surface area contributed by atoms with E-state index < -0.39 is 16.0 Å². The summed E-state index contributed by atoms with van der Waals surface area (Å²) in [5.41, 5.74) is 0.558. The third-order valence-corrected chi connectivity index (χ3v) is 5.41. The van der Waals surface area contributed by atoms with Gasteiger partial charge in [0.2, 0.25) is 10.0 Å². The summed E-state index contributed by atoms with van der Waals surface area (Å²) in [5.74, 6) is -1.18. The molecular formula is C13H17NO5S. The minimum Gasteiger partial charge on any atom is -0.478 e. The lowest BCUT2D eigenvalue weighted by Crippen LogP contribution is -2.51. The first kappa shape index (κ1) is 15.0. The molecule has 7 heteroatoms. The Balaban J connectivity index is 2.40. The Morgan fingerprint density at radius 3 is 2.55 bits per heavy atom. The number of hydrogen-bond acceptors (Lipinski definition) is 4. The maximum atomic E-state index is 12.5. The van der Waals surface area contributed by atoms with E-state index in [1.165, 1.54) is 16.4 Å². The van der Waals surface area contributed by atoms with Crippen molar-refractivity contribution in [1.82, 2.24) is 4.31 Å². The second-order valence-electron chi connectivity index (χ2n) is 4.85. The quantitative estimate of drug-likeness (QED) is 0.828. The van der Waals surface area contributed by atoms with Gasteiger partial charge in [-0.2, -0.15) is 4.31 Å². The van der Waals surface area contributed by atoms with Crippen LogP contribution < -0.4 is 0 Å². The molecule has 2 rings (SSSR count). The van der Waals surface area contributed by atoms with Crippen molar-refractivity contribution in [3.8, 4) is 0 Å². The first-order chi connectivity index (χ1) is 9.40. The van der Waals surface area contributed by atoms with Gasteiger partial charge < -0.3 is 10.2 Å². The van der Waals surface area contributed by atoms with Gasteiger partial charge in [0.15, 0.2) is 0 Å². The molecule has 0 bridgehead atoms. The molecule has 1 aromatic carbocycles. The van der Waals surface area contributed by atoms with Gasteiger partial charge >= 0.3 is 5.97 Å². The van der Waals surface area contributed by atoms with Gasteiger partial charge in [-0.3, -0.25) is 0 Å². The summed E-state index contributed by atoms with van der Waals surface area (Å²) in [7, 11) is -3.69. The molecule has 1 heterocycles.